The lowest BCUT2D eigenvalue weighted by molar-refractivity contribution is 0.582. The van der Waals surface area contributed by atoms with Crippen LogP contribution >= 0.6 is 0 Å². The van der Waals surface area contributed by atoms with E-state index in [-0.39, 0.29) is 11.0 Å². The van der Waals surface area contributed by atoms with E-state index in [9.17, 15) is 8.42 Å². The van der Waals surface area contributed by atoms with Crippen LogP contribution in [0.2, 0.25) is 0 Å². The third kappa shape index (κ3) is 1.51. The van der Waals surface area contributed by atoms with Gasteiger partial charge in [-0.2, -0.15) is 0 Å². The molecule has 0 unspecified atom stereocenters. The minimum absolute atomic E-state index is 0.0648. The Morgan fingerprint density at radius 3 is 2.20 bits per heavy atom. The van der Waals surface area contributed by atoms with Crippen LogP contribution in [0.3, 0.4) is 0 Å². The molecule has 1 radical (unpaired) electrons. The Morgan fingerprint density at radius 1 is 1.30 bits per heavy atom. The van der Waals surface area contributed by atoms with E-state index in [1.165, 1.54) is 0 Å². The summed E-state index contributed by atoms with van der Waals surface area (Å²) >= 11 is 0. The van der Waals surface area contributed by atoms with Gasteiger partial charge in [-0.1, -0.05) is 12.8 Å². The molecule has 2 nitrogen and oxygen atoms in total. The van der Waals surface area contributed by atoms with Crippen molar-refractivity contribution in [2.75, 3.05) is 5.75 Å². The lowest BCUT2D eigenvalue weighted by Gasteiger charge is -2.06. The summed E-state index contributed by atoms with van der Waals surface area (Å²) in [5.74, 6) is 0.0671. The summed E-state index contributed by atoms with van der Waals surface area (Å²) in [4.78, 5) is 0. The van der Waals surface area contributed by atoms with Gasteiger partial charge in [0.1, 0.15) is 0 Å². The minimum atomic E-state index is -2.81. The van der Waals surface area contributed by atoms with Gasteiger partial charge in [-0.15, -0.1) is 0 Å². The molecular weight excluding hydrogens is 148 g/mol. The summed E-state index contributed by atoms with van der Waals surface area (Å²) in [6.45, 7) is 3.41. The monoisotopic (exact) mass is 161 g/mol. The molecule has 1 saturated carbocycles. The fourth-order valence-corrected chi connectivity index (χ4v) is 2.80. The van der Waals surface area contributed by atoms with Gasteiger partial charge in [0, 0.05) is 0 Å². The fourth-order valence-electron chi connectivity index (χ4n) is 1.41. The Kier molecular flexibility index (Phi) is 2.34. The standard InChI is InChI=1S/C7H13O2S/c1-2-10(8,9)7-5-3-4-6-7/h7H,1-6H2. The summed E-state index contributed by atoms with van der Waals surface area (Å²) in [7, 11) is -2.81. The molecule has 0 saturated heterocycles. The Morgan fingerprint density at radius 2 is 1.80 bits per heavy atom. The average Bonchev–Trinajstić information content (AvgIpc) is 2.38. The maximum absolute atomic E-state index is 11.1. The van der Waals surface area contributed by atoms with Crippen molar-refractivity contribution in [3.63, 3.8) is 0 Å². The van der Waals surface area contributed by atoms with E-state index < -0.39 is 9.84 Å². The van der Waals surface area contributed by atoms with Crippen molar-refractivity contribution in [2.24, 2.45) is 0 Å². The van der Waals surface area contributed by atoms with E-state index in [0.717, 1.165) is 25.7 Å². The van der Waals surface area contributed by atoms with Gasteiger partial charge >= 0.3 is 0 Å². The molecule has 1 fully saturated rings. The summed E-state index contributed by atoms with van der Waals surface area (Å²) in [6.07, 6.45) is 3.86. The molecule has 10 heavy (non-hydrogen) atoms. The van der Waals surface area contributed by atoms with E-state index in [2.05, 4.69) is 6.92 Å². The molecule has 0 amide bonds. The summed E-state index contributed by atoms with van der Waals surface area (Å²) in [5, 5.41) is -0.0648. The van der Waals surface area contributed by atoms with Gasteiger partial charge in [-0.25, -0.2) is 8.42 Å². The first-order valence-corrected chi connectivity index (χ1v) is 5.39. The lowest BCUT2D eigenvalue weighted by atomic mass is 10.4. The zero-order valence-electron chi connectivity index (χ0n) is 6.04. The normalized spacial score (nSPS) is 21.7. The molecule has 1 aliphatic carbocycles. The van der Waals surface area contributed by atoms with Gasteiger partial charge in [0.25, 0.3) is 0 Å². The molecule has 0 aliphatic heterocycles. The average molecular weight is 161 g/mol. The van der Waals surface area contributed by atoms with Gasteiger partial charge in [-0.05, 0) is 19.8 Å². The highest BCUT2D eigenvalue weighted by Crippen LogP contribution is 2.24. The second kappa shape index (κ2) is 2.91. The van der Waals surface area contributed by atoms with E-state index in [1.54, 1.807) is 0 Å². The van der Waals surface area contributed by atoms with Gasteiger partial charge in [0.05, 0.1) is 11.0 Å². The Bertz CT molecular complexity index is 188. The molecule has 59 valence electrons. The highest BCUT2D eigenvalue weighted by molar-refractivity contribution is 7.92. The number of hydrogen-bond acceptors (Lipinski definition) is 2. The first-order chi connectivity index (χ1) is 4.67. The summed E-state index contributed by atoms with van der Waals surface area (Å²) in [5.41, 5.74) is 0. The van der Waals surface area contributed by atoms with Crippen LogP contribution in [-0.2, 0) is 9.84 Å². The van der Waals surface area contributed by atoms with E-state index in [0.29, 0.717) is 0 Å². The number of hydrogen-bond donors (Lipinski definition) is 0. The molecule has 0 bridgehead atoms. The van der Waals surface area contributed by atoms with Crippen LogP contribution in [0.25, 0.3) is 0 Å². The summed E-state index contributed by atoms with van der Waals surface area (Å²) in [6, 6.07) is 0. The van der Waals surface area contributed by atoms with Gasteiger partial charge in [0.2, 0.25) is 0 Å². The second-order valence-corrected chi connectivity index (χ2v) is 5.17. The van der Waals surface area contributed by atoms with Crippen LogP contribution in [-0.4, -0.2) is 19.4 Å². The molecule has 3 heteroatoms. The lowest BCUT2D eigenvalue weighted by Crippen LogP contribution is -2.19. The second-order valence-electron chi connectivity index (χ2n) is 2.77. The molecule has 0 aromatic heterocycles. The molecule has 0 N–H and O–H groups in total. The molecule has 1 aliphatic rings. The highest BCUT2D eigenvalue weighted by atomic mass is 32.2. The zero-order chi connectivity index (χ0) is 7.61. The summed E-state index contributed by atoms with van der Waals surface area (Å²) < 4.78 is 22.3. The van der Waals surface area contributed by atoms with Gasteiger partial charge in [0.15, 0.2) is 9.84 Å². The first kappa shape index (κ1) is 8.05. The van der Waals surface area contributed by atoms with Crippen LogP contribution in [0.1, 0.15) is 25.7 Å². The predicted octanol–water partition coefficient (Wildman–Crippen LogP) is 1.18. The minimum Gasteiger partial charge on any atom is -0.229 e. The van der Waals surface area contributed by atoms with E-state index in [4.69, 9.17) is 0 Å². The zero-order valence-corrected chi connectivity index (χ0v) is 6.86. The van der Waals surface area contributed by atoms with E-state index in [1.807, 2.05) is 0 Å². The van der Waals surface area contributed by atoms with Crippen LogP contribution in [0.5, 0.6) is 0 Å². The Balaban J connectivity index is 2.63. The molecule has 0 aromatic rings. The Labute approximate surface area is 62.5 Å². The maximum atomic E-state index is 11.1. The quantitative estimate of drug-likeness (QED) is 0.609. The van der Waals surface area contributed by atoms with E-state index >= 15 is 0 Å². The van der Waals surface area contributed by atoms with Crippen LogP contribution < -0.4 is 0 Å². The Hall–Kier alpha value is -0.0500. The number of rotatable bonds is 2. The maximum Gasteiger partial charge on any atom is 0.153 e. The van der Waals surface area contributed by atoms with Gasteiger partial charge in [-0.3, -0.25) is 0 Å². The fraction of sp³-hybridized carbons (Fsp3) is 0.857. The predicted molar refractivity (Wildman–Crippen MR) is 41.4 cm³/mol. The molecule has 0 heterocycles. The van der Waals surface area contributed by atoms with Crippen LogP contribution in [0, 0.1) is 6.92 Å². The van der Waals surface area contributed by atoms with Crippen molar-refractivity contribution in [1.29, 1.82) is 0 Å². The first-order valence-electron chi connectivity index (χ1n) is 3.67. The molecule has 0 spiro atoms. The van der Waals surface area contributed by atoms with Crippen molar-refractivity contribution in [1.82, 2.24) is 0 Å². The van der Waals surface area contributed by atoms with Crippen LogP contribution in [0.15, 0.2) is 0 Å². The third-order valence-electron chi connectivity index (χ3n) is 2.09. The smallest absolute Gasteiger partial charge is 0.153 e. The molecule has 1 rings (SSSR count). The van der Waals surface area contributed by atoms with Crippen molar-refractivity contribution in [3.8, 4) is 0 Å². The number of sulfone groups is 1. The van der Waals surface area contributed by atoms with Crippen LogP contribution in [0.4, 0.5) is 0 Å². The van der Waals surface area contributed by atoms with Crippen molar-refractivity contribution in [2.45, 2.75) is 30.9 Å². The SMILES string of the molecule is [CH2]CS(=O)(=O)C1CCCC1. The topological polar surface area (TPSA) is 34.1 Å². The van der Waals surface area contributed by atoms with Gasteiger partial charge < -0.3 is 0 Å². The molecular formula is C7H13O2S. The molecule has 0 atom stereocenters. The molecule has 0 aromatic carbocycles. The third-order valence-corrected chi connectivity index (χ3v) is 4.15. The van der Waals surface area contributed by atoms with Crippen molar-refractivity contribution < 1.29 is 8.42 Å². The highest BCUT2D eigenvalue weighted by Gasteiger charge is 2.26. The largest absolute Gasteiger partial charge is 0.229 e. The van der Waals surface area contributed by atoms with Crippen molar-refractivity contribution in [3.05, 3.63) is 6.92 Å². The van der Waals surface area contributed by atoms with Crippen molar-refractivity contribution >= 4 is 9.84 Å².